The van der Waals surface area contributed by atoms with Crippen LogP contribution in [0.4, 0.5) is 0 Å². The lowest BCUT2D eigenvalue weighted by atomic mass is 10.0. The Bertz CT molecular complexity index is 474. The van der Waals surface area contributed by atoms with Crippen molar-refractivity contribution in [2.45, 2.75) is 45.1 Å². The SMILES string of the molecule is CC(C)c1cccc(OCC(=O)N2CCCCC2CN)c1. The minimum atomic E-state index is 0.0418. The first-order chi connectivity index (χ1) is 10.1. The summed E-state index contributed by atoms with van der Waals surface area (Å²) in [7, 11) is 0. The molecule has 0 spiro atoms. The lowest BCUT2D eigenvalue weighted by Crippen LogP contribution is -2.49. The summed E-state index contributed by atoms with van der Waals surface area (Å²) in [5.41, 5.74) is 6.98. The Morgan fingerprint density at radius 1 is 1.43 bits per heavy atom. The molecular formula is C17H26N2O2. The van der Waals surface area contributed by atoms with E-state index in [-0.39, 0.29) is 18.6 Å². The van der Waals surface area contributed by atoms with Crippen LogP contribution in [0.15, 0.2) is 24.3 Å². The molecule has 1 aliphatic heterocycles. The summed E-state index contributed by atoms with van der Waals surface area (Å²) in [5.74, 6) is 1.25. The molecule has 0 aliphatic carbocycles. The fourth-order valence-electron chi connectivity index (χ4n) is 2.77. The number of nitrogens with two attached hydrogens (primary N) is 1. The van der Waals surface area contributed by atoms with Crippen LogP contribution in [0.5, 0.6) is 5.75 Å². The molecule has 0 bridgehead atoms. The fourth-order valence-corrected chi connectivity index (χ4v) is 2.77. The molecule has 0 saturated carbocycles. The van der Waals surface area contributed by atoms with Crippen molar-refractivity contribution in [3.05, 3.63) is 29.8 Å². The predicted molar refractivity (Wildman–Crippen MR) is 84.4 cm³/mol. The smallest absolute Gasteiger partial charge is 0.260 e. The zero-order chi connectivity index (χ0) is 15.2. The van der Waals surface area contributed by atoms with E-state index in [0.29, 0.717) is 12.5 Å². The number of ether oxygens (including phenoxy) is 1. The maximum Gasteiger partial charge on any atom is 0.260 e. The molecule has 2 rings (SSSR count). The van der Waals surface area contributed by atoms with Gasteiger partial charge in [-0.3, -0.25) is 4.79 Å². The zero-order valence-electron chi connectivity index (χ0n) is 13.0. The number of benzene rings is 1. The lowest BCUT2D eigenvalue weighted by molar-refractivity contribution is -0.136. The number of rotatable bonds is 5. The van der Waals surface area contributed by atoms with Gasteiger partial charge < -0.3 is 15.4 Å². The molecule has 1 aromatic rings. The van der Waals surface area contributed by atoms with E-state index in [1.54, 1.807) is 0 Å². The van der Waals surface area contributed by atoms with E-state index in [9.17, 15) is 4.79 Å². The molecule has 4 heteroatoms. The van der Waals surface area contributed by atoms with Crippen LogP contribution < -0.4 is 10.5 Å². The number of likely N-dealkylation sites (tertiary alicyclic amines) is 1. The van der Waals surface area contributed by atoms with Crippen LogP contribution >= 0.6 is 0 Å². The number of hydrogen-bond donors (Lipinski definition) is 1. The Labute approximate surface area is 127 Å². The van der Waals surface area contributed by atoms with E-state index in [4.69, 9.17) is 10.5 Å². The van der Waals surface area contributed by atoms with Crippen molar-refractivity contribution in [1.82, 2.24) is 4.90 Å². The molecule has 2 N–H and O–H groups in total. The molecule has 0 radical (unpaired) electrons. The Kier molecular flexibility index (Phi) is 5.62. The van der Waals surface area contributed by atoms with E-state index in [2.05, 4.69) is 19.9 Å². The topological polar surface area (TPSA) is 55.6 Å². The van der Waals surface area contributed by atoms with Crippen molar-refractivity contribution >= 4 is 5.91 Å². The molecule has 21 heavy (non-hydrogen) atoms. The molecule has 1 heterocycles. The Morgan fingerprint density at radius 2 is 2.24 bits per heavy atom. The maximum absolute atomic E-state index is 12.3. The Morgan fingerprint density at radius 3 is 2.95 bits per heavy atom. The largest absolute Gasteiger partial charge is 0.484 e. The van der Waals surface area contributed by atoms with E-state index >= 15 is 0 Å². The molecular weight excluding hydrogens is 264 g/mol. The van der Waals surface area contributed by atoms with Crippen molar-refractivity contribution in [2.75, 3.05) is 19.7 Å². The third kappa shape index (κ3) is 4.21. The standard InChI is InChI=1S/C17H26N2O2/c1-13(2)14-6-5-8-16(10-14)21-12-17(20)19-9-4-3-7-15(19)11-18/h5-6,8,10,13,15H,3-4,7,9,11-12,18H2,1-2H3. The first-order valence-corrected chi connectivity index (χ1v) is 7.84. The van der Waals surface area contributed by atoms with Gasteiger partial charge in [0.25, 0.3) is 5.91 Å². The van der Waals surface area contributed by atoms with Gasteiger partial charge >= 0.3 is 0 Å². The minimum Gasteiger partial charge on any atom is -0.484 e. The highest BCUT2D eigenvalue weighted by Gasteiger charge is 2.25. The molecule has 1 saturated heterocycles. The average molecular weight is 290 g/mol. The van der Waals surface area contributed by atoms with E-state index in [1.165, 1.54) is 5.56 Å². The van der Waals surface area contributed by atoms with Gasteiger partial charge in [0.2, 0.25) is 0 Å². The molecule has 0 aromatic heterocycles. The van der Waals surface area contributed by atoms with Gasteiger partial charge in [0.05, 0.1) is 0 Å². The van der Waals surface area contributed by atoms with Gasteiger partial charge in [0, 0.05) is 19.1 Å². The molecule has 1 atom stereocenters. The van der Waals surface area contributed by atoms with Gasteiger partial charge in [0.1, 0.15) is 5.75 Å². The highest BCUT2D eigenvalue weighted by Crippen LogP contribution is 2.21. The first kappa shape index (κ1) is 15.8. The summed E-state index contributed by atoms with van der Waals surface area (Å²) in [6.07, 6.45) is 3.22. The van der Waals surface area contributed by atoms with Gasteiger partial charge in [0.15, 0.2) is 6.61 Å². The third-order valence-corrected chi connectivity index (χ3v) is 4.11. The second-order valence-electron chi connectivity index (χ2n) is 5.99. The molecule has 116 valence electrons. The van der Waals surface area contributed by atoms with Crippen molar-refractivity contribution in [2.24, 2.45) is 5.73 Å². The van der Waals surface area contributed by atoms with Crippen LogP contribution in [-0.2, 0) is 4.79 Å². The highest BCUT2D eigenvalue weighted by molar-refractivity contribution is 5.78. The first-order valence-electron chi connectivity index (χ1n) is 7.84. The van der Waals surface area contributed by atoms with Crippen molar-refractivity contribution in [3.8, 4) is 5.75 Å². The van der Waals surface area contributed by atoms with E-state index < -0.39 is 0 Å². The van der Waals surface area contributed by atoms with Crippen molar-refractivity contribution < 1.29 is 9.53 Å². The number of piperidine rings is 1. The summed E-state index contributed by atoms with van der Waals surface area (Å²) in [4.78, 5) is 14.2. The predicted octanol–water partition coefficient (Wildman–Crippen LogP) is 2.53. The van der Waals surface area contributed by atoms with Crippen LogP contribution in [0.2, 0.25) is 0 Å². The average Bonchev–Trinajstić information content (AvgIpc) is 2.52. The summed E-state index contributed by atoms with van der Waals surface area (Å²) in [6, 6.07) is 8.13. The van der Waals surface area contributed by atoms with Crippen LogP contribution in [0.25, 0.3) is 0 Å². The molecule has 1 amide bonds. The lowest BCUT2D eigenvalue weighted by Gasteiger charge is -2.34. The van der Waals surface area contributed by atoms with E-state index in [0.717, 1.165) is 31.6 Å². The van der Waals surface area contributed by atoms with Gasteiger partial charge in [-0.25, -0.2) is 0 Å². The highest BCUT2D eigenvalue weighted by atomic mass is 16.5. The molecule has 1 fully saturated rings. The quantitative estimate of drug-likeness (QED) is 0.906. The normalized spacial score (nSPS) is 18.9. The number of nitrogens with zero attached hydrogens (tertiary/aromatic N) is 1. The van der Waals surface area contributed by atoms with Gasteiger partial charge in [-0.1, -0.05) is 26.0 Å². The number of carbonyl (C=O) groups excluding carboxylic acids is 1. The summed E-state index contributed by atoms with van der Waals surface area (Å²) >= 11 is 0. The minimum absolute atomic E-state index is 0.0418. The second-order valence-corrected chi connectivity index (χ2v) is 5.99. The Hall–Kier alpha value is -1.55. The Balaban J connectivity index is 1.92. The second kappa shape index (κ2) is 7.46. The zero-order valence-corrected chi connectivity index (χ0v) is 13.0. The van der Waals surface area contributed by atoms with Crippen LogP contribution in [0.3, 0.4) is 0 Å². The van der Waals surface area contributed by atoms with Crippen LogP contribution in [0.1, 0.15) is 44.6 Å². The monoisotopic (exact) mass is 290 g/mol. The fraction of sp³-hybridized carbons (Fsp3) is 0.588. The number of amides is 1. The van der Waals surface area contributed by atoms with Crippen molar-refractivity contribution in [1.29, 1.82) is 0 Å². The summed E-state index contributed by atoms with van der Waals surface area (Å²) in [6.45, 7) is 5.72. The molecule has 1 unspecified atom stereocenters. The van der Waals surface area contributed by atoms with E-state index in [1.807, 2.05) is 23.1 Å². The van der Waals surface area contributed by atoms with Crippen molar-refractivity contribution in [3.63, 3.8) is 0 Å². The van der Waals surface area contributed by atoms with Crippen LogP contribution in [-0.4, -0.2) is 36.5 Å². The van der Waals surface area contributed by atoms with Crippen LogP contribution in [0, 0.1) is 0 Å². The molecule has 1 aliphatic rings. The summed E-state index contributed by atoms with van der Waals surface area (Å²) < 4.78 is 5.67. The van der Waals surface area contributed by atoms with Gasteiger partial charge in [-0.2, -0.15) is 0 Å². The van der Waals surface area contributed by atoms with Gasteiger partial charge in [-0.15, -0.1) is 0 Å². The number of carbonyl (C=O) groups is 1. The maximum atomic E-state index is 12.3. The molecule has 4 nitrogen and oxygen atoms in total. The number of hydrogen-bond acceptors (Lipinski definition) is 3. The van der Waals surface area contributed by atoms with Gasteiger partial charge in [-0.05, 0) is 42.9 Å². The summed E-state index contributed by atoms with van der Waals surface area (Å²) in [5, 5.41) is 0. The molecule has 1 aromatic carbocycles. The third-order valence-electron chi connectivity index (χ3n) is 4.11.